The van der Waals surface area contributed by atoms with Crippen LogP contribution in [0.25, 0.3) is 5.69 Å². The van der Waals surface area contributed by atoms with Gasteiger partial charge in [-0.3, -0.25) is 9.25 Å². The summed E-state index contributed by atoms with van der Waals surface area (Å²) in [5.41, 5.74) is 8.15. The Kier molecular flexibility index (Phi) is 2.78. The lowest BCUT2D eigenvalue weighted by atomic mass is 10.0. The standard InChI is InChI=1S/C11H17N5/c1-8(2)11(12)10-5-13-7-16(10)9-4-14-15(3)6-9/h4-8,11H,12H2,1-3H3. The van der Waals surface area contributed by atoms with E-state index >= 15 is 0 Å². The Morgan fingerprint density at radius 1 is 1.31 bits per heavy atom. The van der Waals surface area contributed by atoms with E-state index in [0.717, 1.165) is 11.4 Å². The van der Waals surface area contributed by atoms with E-state index in [0.29, 0.717) is 5.92 Å². The molecule has 0 bridgehead atoms. The van der Waals surface area contributed by atoms with Gasteiger partial charge in [0, 0.05) is 19.3 Å². The molecule has 16 heavy (non-hydrogen) atoms. The van der Waals surface area contributed by atoms with Crippen molar-refractivity contribution in [2.24, 2.45) is 18.7 Å². The predicted molar refractivity (Wildman–Crippen MR) is 62.1 cm³/mol. The molecule has 0 spiro atoms. The largest absolute Gasteiger partial charge is 0.322 e. The zero-order valence-electron chi connectivity index (χ0n) is 9.83. The molecule has 2 heterocycles. The van der Waals surface area contributed by atoms with Gasteiger partial charge in [0.15, 0.2) is 0 Å². The van der Waals surface area contributed by atoms with Crippen LogP contribution in [0.2, 0.25) is 0 Å². The third kappa shape index (κ3) is 1.86. The Hall–Kier alpha value is -1.62. The topological polar surface area (TPSA) is 61.7 Å². The molecule has 2 aromatic heterocycles. The summed E-state index contributed by atoms with van der Waals surface area (Å²) < 4.78 is 3.75. The van der Waals surface area contributed by atoms with Crippen molar-refractivity contribution in [3.8, 4) is 5.69 Å². The van der Waals surface area contributed by atoms with Crippen LogP contribution in [0.4, 0.5) is 0 Å². The van der Waals surface area contributed by atoms with E-state index in [1.165, 1.54) is 0 Å². The first-order valence-electron chi connectivity index (χ1n) is 5.36. The normalized spacial score (nSPS) is 13.3. The molecule has 0 aliphatic rings. The highest BCUT2D eigenvalue weighted by atomic mass is 15.3. The zero-order valence-corrected chi connectivity index (χ0v) is 9.83. The van der Waals surface area contributed by atoms with E-state index in [-0.39, 0.29) is 6.04 Å². The second kappa shape index (κ2) is 4.09. The number of imidazole rings is 1. The van der Waals surface area contributed by atoms with Gasteiger partial charge < -0.3 is 5.73 Å². The Morgan fingerprint density at radius 2 is 2.06 bits per heavy atom. The summed E-state index contributed by atoms with van der Waals surface area (Å²) in [6.45, 7) is 4.20. The van der Waals surface area contributed by atoms with Gasteiger partial charge in [-0.05, 0) is 5.92 Å². The lowest BCUT2D eigenvalue weighted by Gasteiger charge is -2.16. The summed E-state index contributed by atoms with van der Waals surface area (Å²) in [4.78, 5) is 4.16. The summed E-state index contributed by atoms with van der Waals surface area (Å²) >= 11 is 0. The molecule has 0 aliphatic carbocycles. The molecule has 2 aromatic rings. The van der Waals surface area contributed by atoms with Crippen molar-refractivity contribution in [1.29, 1.82) is 0 Å². The van der Waals surface area contributed by atoms with Crippen LogP contribution in [0.15, 0.2) is 24.9 Å². The molecule has 0 saturated heterocycles. The third-order valence-corrected chi connectivity index (χ3v) is 2.70. The summed E-state index contributed by atoms with van der Waals surface area (Å²) in [5.74, 6) is 0.382. The van der Waals surface area contributed by atoms with Gasteiger partial charge in [-0.15, -0.1) is 0 Å². The van der Waals surface area contributed by atoms with Gasteiger partial charge in [-0.25, -0.2) is 4.98 Å². The van der Waals surface area contributed by atoms with E-state index in [2.05, 4.69) is 23.9 Å². The van der Waals surface area contributed by atoms with Crippen molar-refractivity contribution < 1.29 is 0 Å². The third-order valence-electron chi connectivity index (χ3n) is 2.70. The maximum Gasteiger partial charge on any atom is 0.0995 e. The highest BCUT2D eigenvalue weighted by Crippen LogP contribution is 2.21. The monoisotopic (exact) mass is 219 g/mol. The first-order valence-corrected chi connectivity index (χ1v) is 5.36. The number of hydrogen-bond acceptors (Lipinski definition) is 3. The number of nitrogens with zero attached hydrogens (tertiary/aromatic N) is 4. The lowest BCUT2D eigenvalue weighted by molar-refractivity contribution is 0.497. The SMILES string of the molecule is CC(C)C(N)c1cncn1-c1cnn(C)c1. The second-order valence-electron chi connectivity index (χ2n) is 4.33. The maximum absolute atomic E-state index is 6.14. The van der Waals surface area contributed by atoms with Crippen LogP contribution in [0, 0.1) is 5.92 Å². The van der Waals surface area contributed by atoms with Gasteiger partial charge in [0.2, 0.25) is 0 Å². The van der Waals surface area contributed by atoms with E-state index < -0.39 is 0 Å². The second-order valence-corrected chi connectivity index (χ2v) is 4.33. The minimum atomic E-state index is -0.0114. The molecule has 5 heteroatoms. The molecule has 0 radical (unpaired) electrons. The average molecular weight is 219 g/mol. The quantitative estimate of drug-likeness (QED) is 0.845. The Morgan fingerprint density at radius 3 is 2.62 bits per heavy atom. The molecule has 0 saturated carbocycles. The van der Waals surface area contributed by atoms with Crippen molar-refractivity contribution in [2.75, 3.05) is 0 Å². The highest BCUT2D eigenvalue weighted by Gasteiger charge is 2.16. The van der Waals surface area contributed by atoms with Gasteiger partial charge in [0.05, 0.1) is 30.1 Å². The number of hydrogen-bond donors (Lipinski definition) is 1. The predicted octanol–water partition coefficient (Wildman–Crippen LogP) is 1.26. The number of aryl methyl sites for hydroxylation is 1. The fourth-order valence-electron chi connectivity index (χ4n) is 1.64. The van der Waals surface area contributed by atoms with Crippen LogP contribution in [-0.2, 0) is 7.05 Å². The van der Waals surface area contributed by atoms with Gasteiger partial charge in [-0.1, -0.05) is 13.8 Å². The van der Waals surface area contributed by atoms with Crippen molar-refractivity contribution in [3.63, 3.8) is 0 Å². The highest BCUT2D eigenvalue weighted by molar-refractivity contribution is 5.29. The summed E-state index contributed by atoms with van der Waals surface area (Å²) in [7, 11) is 1.89. The molecular formula is C11H17N5. The Labute approximate surface area is 94.9 Å². The fraction of sp³-hybridized carbons (Fsp3) is 0.455. The molecule has 0 aliphatic heterocycles. The van der Waals surface area contributed by atoms with E-state index in [9.17, 15) is 0 Å². The van der Waals surface area contributed by atoms with E-state index in [1.807, 2.05) is 24.0 Å². The van der Waals surface area contributed by atoms with Crippen LogP contribution in [0.5, 0.6) is 0 Å². The molecule has 1 unspecified atom stereocenters. The first-order chi connectivity index (χ1) is 7.59. The molecule has 5 nitrogen and oxygen atoms in total. The molecule has 0 amide bonds. The average Bonchev–Trinajstić information content (AvgIpc) is 2.83. The zero-order chi connectivity index (χ0) is 11.7. The van der Waals surface area contributed by atoms with Crippen molar-refractivity contribution in [3.05, 3.63) is 30.6 Å². The summed E-state index contributed by atoms with van der Waals surface area (Å²) in [5, 5.41) is 4.15. The minimum Gasteiger partial charge on any atom is -0.322 e. The molecule has 2 rings (SSSR count). The maximum atomic E-state index is 6.14. The molecular weight excluding hydrogens is 202 g/mol. The summed E-state index contributed by atoms with van der Waals surface area (Å²) in [6.07, 6.45) is 7.34. The van der Waals surface area contributed by atoms with Crippen LogP contribution < -0.4 is 5.73 Å². The Balaban J connectivity index is 2.39. The van der Waals surface area contributed by atoms with Crippen LogP contribution in [-0.4, -0.2) is 19.3 Å². The smallest absolute Gasteiger partial charge is 0.0995 e. The molecule has 86 valence electrons. The lowest BCUT2D eigenvalue weighted by Crippen LogP contribution is -2.19. The number of rotatable bonds is 3. The van der Waals surface area contributed by atoms with Crippen LogP contribution in [0.1, 0.15) is 25.6 Å². The minimum absolute atomic E-state index is 0.0114. The number of aromatic nitrogens is 4. The van der Waals surface area contributed by atoms with Gasteiger partial charge in [0.25, 0.3) is 0 Å². The molecule has 2 N–H and O–H groups in total. The van der Waals surface area contributed by atoms with Crippen LogP contribution >= 0.6 is 0 Å². The van der Waals surface area contributed by atoms with Crippen LogP contribution in [0.3, 0.4) is 0 Å². The molecule has 0 fully saturated rings. The van der Waals surface area contributed by atoms with Crippen molar-refractivity contribution in [2.45, 2.75) is 19.9 Å². The van der Waals surface area contributed by atoms with Crippen molar-refractivity contribution >= 4 is 0 Å². The number of nitrogens with two attached hydrogens (primary N) is 1. The summed E-state index contributed by atoms with van der Waals surface area (Å²) in [6, 6.07) is -0.0114. The van der Waals surface area contributed by atoms with Gasteiger partial charge in [0.1, 0.15) is 0 Å². The van der Waals surface area contributed by atoms with Gasteiger partial charge in [-0.2, -0.15) is 5.10 Å². The van der Waals surface area contributed by atoms with E-state index in [1.54, 1.807) is 17.2 Å². The first kappa shape index (κ1) is 10.9. The fourth-order valence-corrected chi connectivity index (χ4v) is 1.64. The van der Waals surface area contributed by atoms with Gasteiger partial charge >= 0.3 is 0 Å². The molecule has 1 atom stereocenters. The van der Waals surface area contributed by atoms with Crippen molar-refractivity contribution in [1.82, 2.24) is 19.3 Å². The van der Waals surface area contributed by atoms with E-state index in [4.69, 9.17) is 5.73 Å². The molecule has 0 aromatic carbocycles. The Bertz CT molecular complexity index is 468.